The van der Waals surface area contributed by atoms with Crippen molar-refractivity contribution in [1.82, 2.24) is 28.7 Å². The number of non-ortho nitro benzene ring substituents is 1. The van der Waals surface area contributed by atoms with Gasteiger partial charge in [0.25, 0.3) is 5.69 Å². The van der Waals surface area contributed by atoms with Gasteiger partial charge in [0, 0.05) is 48.1 Å². The number of nitro groups is 1. The summed E-state index contributed by atoms with van der Waals surface area (Å²) in [6.07, 6.45) is 5.96. The van der Waals surface area contributed by atoms with Crippen molar-refractivity contribution in [2.75, 3.05) is 0 Å². The minimum atomic E-state index is -0.718. The molecule has 0 N–H and O–H groups in total. The molecule has 2 aromatic carbocycles. The fourth-order valence-corrected chi connectivity index (χ4v) is 4.24. The van der Waals surface area contributed by atoms with Crippen molar-refractivity contribution in [2.45, 2.75) is 25.4 Å². The van der Waals surface area contributed by atoms with Crippen LogP contribution in [-0.4, -0.2) is 33.6 Å². The van der Waals surface area contributed by atoms with Gasteiger partial charge >= 0.3 is 5.69 Å². The van der Waals surface area contributed by atoms with E-state index in [0.717, 1.165) is 6.07 Å². The summed E-state index contributed by atoms with van der Waals surface area (Å²) in [5.41, 5.74) is 1.25. The summed E-state index contributed by atoms with van der Waals surface area (Å²) >= 11 is 0. The molecule has 10 nitrogen and oxygen atoms in total. The van der Waals surface area contributed by atoms with Crippen LogP contribution in [0.5, 0.6) is 0 Å². The van der Waals surface area contributed by atoms with Gasteiger partial charge in [-0.05, 0) is 36.8 Å². The van der Waals surface area contributed by atoms with Crippen LogP contribution in [0.2, 0.25) is 0 Å². The molecule has 0 spiro atoms. The monoisotopic (exact) mass is 491 g/mol. The molecule has 0 aliphatic carbocycles. The molecule has 0 amide bonds. The van der Waals surface area contributed by atoms with Gasteiger partial charge in [0.15, 0.2) is 0 Å². The molecule has 0 fully saturated rings. The topological polar surface area (TPSA) is 113 Å². The third-order valence-corrected chi connectivity index (χ3v) is 6.15. The summed E-state index contributed by atoms with van der Waals surface area (Å²) in [7, 11) is 0. The van der Waals surface area contributed by atoms with Crippen LogP contribution in [0.3, 0.4) is 0 Å². The number of hydrogen-bond acceptors (Lipinski definition) is 6. The molecule has 0 saturated heterocycles. The Kier molecular flexibility index (Phi) is 5.84. The molecule has 0 aliphatic rings. The molecule has 0 bridgehead atoms. The first-order chi connectivity index (χ1) is 17.3. The van der Waals surface area contributed by atoms with Crippen LogP contribution in [0, 0.1) is 21.7 Å². The average Bonchev–Trinajstić information content (AvgIpc) is 3.53. The van der Waals surface area contributed by atoms with E-state index in [-0.39, 0.29) is 17.8 Å². The van der Waals surface area contributed by atoms with Crippen molar-refractivity contribution in [1.29, 1.82) is 0 Å². The number of rotatable bonds is 7. The average molecular weight is 491 g/mol. The van der Waals surface area contributed by atoms with Crippen molar-refractivity contribution in [3.05, 3.63) is 111 Å². The van der Waals surface area contributed by atoms with Gasteiger partial charge in [0.1, 0.15) is 29.9 Å². The first-order valence-corrected chi connectivity index (χ1v) is 10.9. The maximum absolute atomic E-state index is 14.8. The van der Waals surface area contributed by atoms with Crippen molar-refractivity contribution >= 4 is 11.3 Å². The van der Waals surface area contributed by atoms with E-state index in [9.17, 15) is 23.7 Å². The maximum atomic E-state index is 14.8. The Morgan fingerprint density at radius 3 is 2.56 bits per heavy atom. The predicted molar refractivity (Wildman–Crippen MR) is 125 cm³/mol. The highest BCUT2D eigenvalue weighted by molar-refractivity contribution is 5.63. The summed E-state index contributed by atoms with van der Waals surface area (Å²) in [5.74, 6) is -2.00. The zero-order valence-corrected chi connectivity index (χ0v) is 18.9. The lowest BCUT2D eigenvalue weighted by Crippen LogP contribution is -2.32. The number of imidazole rings is 1. The summed E-state index contributed by atoms with van der Waals surface area (Å²) in [6.45, 7) is 1.97. The van der Waals surface area contributed by atoms with E-state index in [4.69, 9.17) is 0 Å². The summed E-state index contributed by atoms with van der Waals surface area (Å²) in [6, 6.07) is 10.3. The van der Waals surface area contributed by atoms with Gasteiger partial charge in [-0.3, -0.25) is 23.8 Å². The Balaban J connectivity index is 1.55. The highest BCUT2D eigenvalue weighted by atomic mass is 19.1. The molecule has 0 aliphatic heterocycles. The van der Waals surface area contributed by atoms with Gasteiger partial charge in [-0.1, -0.05) is 6.07 Å². The second kappa shape index (κ2) is 9.13. The lowest BCUT2D eigenvalue weighted by molar-refractivity contribution is -0.384. The van der Waals surface area contributed by atoms with Crippen molar-refractivity contribution in [3.8, 4) is 11.3 Å². The van der Waals surface area contributed by atoms with Crippen molar-refractivity contribution in [3.63, 3.8) is 0 Å². The Labute approximate surface area is 202 Å². The number of fused-ring (bicyclic) bond motifs is 1. The molecule has 2 atom stereocenters. The van der Waals surface area contributed by atoms with Crippen LogP contribution in [0.1, 0.15) is 24.4 Å². The normalized spacial score (nSPS) is 13.1. The number of halogens is 2. The number of hydrogen-bond donors (Lipinski definition) is 0. The van der Waals surface area contributed by atoms with Crippen LogP contribution in [-0.2, 0) is 6.54 Å². The van der Waals surface area contributed by atoms with E-state index >= 15 is 0 Å². The molecule has 3 aromatic heterocycles. The van der Waals surface area contributed by atoms with Gasteiger partial charge in [-0.2, -0.15) is 5.10 Å². The molecule has 2 unspecified atom stereocenters. The lowest BCUT2D eigenvalue weighted by Gasteiger charge is -2.26. The Morgan fingerprint density at radius 1 is 1.11 bits per heavy atom. The maximum Gasteiger partial charge on any atom is 0.334 e. The molecule has 182 valence electrons. The van der Waals surface area contributed by atoms with Crippen LogP contribution in [0.4, 0.5) is 14.5 Å². The van der Waals surface area contributed by atoms with Gasteiger partial charge in [0.05, 0.1) is 17.2 Å². The molecule has 36 heavy (non-hydrogen) atoms. The van der Waals surface area contributed by atoms with E-state index in [2.05, 4.69) is 15.1 Å². The van der Waals surface area contributed by atoms with Gasteiger partial charge in [0.2, 0.25) is 0 Å². The molecular weight excluding hydrogens is 472 g/mol. The van der Waals surface area contributed by atoms with E-state index in [1.54, 1.807) is 37.5 Å². The standard InChI is InChI=1S/C24H19F2N7O3/c1-15(20(11-30-14-27-13-28-30)19-7-4-17(25)10-21(19)26)31-9-8-23-29-22(12-32(23)24(31)34)16-2-5-18(6-3-16)33(35)36/h2-10,12-15,20H,11H2,1H3. The van der Waals surface area contributed by atoms with E-state index in [0.29, 0.717) is 16.9 Å². The zero-order chi connectivity index (χ0) is 25.4. The SMILES string of the molecule is CC(C(Cn1cncn1)c1ccc(F)cc1F)n1ccc2nc(-c3ccc([N+](=O)[O-])cc3)cn2c1=O. The van der Waals surface area contributed by atoms with Crippen molar-refractivity contribution < 1.29 is 13.7 Å². The molecule has 0 saturated carbocycles. The van der Waals surface area contributed by atoms with E-state index < -0.39 is 34.2 Å². The first-order valence-electron chi connectivity index (χ1n) is 10.9. The number of nitrogens with zero attached hydrogens (tertiary/aromatic N) is 7. The van der Waals surface area contributed by atoms with Crippen LogP contribution in [0.25, 0.3) is 16.9 Å². The Hall–Kier alpha value is -4.74. The fourth-order valence-electron chi connectivity index (χ4n) is 4.24. The third-order valence-electron chi connectivity index (χ3n) is 6.15. The minimum absolute atomic E-state index is 0.0508. The minimum Gasteiger partial charge on any atom is -0.297 e. The molecule has 5 rings (SSSR count). The third kappa shape index (κ3) is 4.24. The highest BCUT2D eigenvalue weighted by Crippen LogP contribution is 2.32. The number of benzene rings is 2. The summed E-state index contributed by atoms with van der Waals surface area (Å²) in [4.78, 5) is 32.3. The molecule has 5 aromatic rings. The number of aromatic nitrogens is 6. The van der Waals surface area contributed by atoms with E-state index in [1.807, 2.05) is 0 Å². The zero-order valence-electron chi connectivity index (χ0n) is 18.9. The molecule has 3 heterocycles. The van der Waals surface area contributed by atoms with Crippen LogP contribution >= 0.6 is 0 Å². The van der Waals surface area contributed by atoms with E-state index in [1.165, 1.54) is 50.6 Å². The summed E-state index contributed by atoms with van der Waals surface area (Å²) < 4.78 is 32.7. The van der Waals surface area contributed by atoms with Crippen LogP contribution in [0.15, 0.2) is 78.4 Å². The highest BCUT2D eigenvalue weighted by Gasteiger charge is 2.26. The Bertz CT molecular complexity index is 1610. The first kappa shape index (κ1) is 23.0. The molecule has 12 heteroatoms. The second-order valence-corrected chi connectivity index (χ2v) is 8.29. The smallest absolute Gasteiger partial charge is 0.297 e. The van der Waals surface area contributed by atoms with Gasteiger partial charge in [-0.25, -0.2) is 23.5 Å². The summed E-state index contributed by atoms with van der Waals surface area (Å²) in [5, 5.41) is 15.0. The Morgan fingerprint density at radius 2 is 1.89 bits per heavy atom. The molecule has 0 radical (unpaired) electrons. The quantitative estimate of drug-likeness (QED) is 0.251. The number of nitro benzene ring substituents is 1. The molecular formula is C24H19F2N7O3. The fraction of sp³-hybridized carbons (Fsp3) is 0.167. The van der Waals surface area contributed by atoms with Crippen LogP contribution < -0.4 is 5.69 Å². The van der Waals surface area contributed by atoms with Crippen molar-refractivity contribution in [2.24, 2.45) is 0 Å². The second-order valence-electron chi connectivity index (χ2n) is 8.29. The van der Waals surface area contributed by atoms with Gasteiger partial charge in [-0.15, -0.1) is 0 Å². The largest absolute Gasteiger partial charge is 0.334 e. The lowest BCUT2D eigenvalue weighted by atomic mass is 9.91. The van der Waals surface area contributed by atoms with Gasteiger partial charge < -0.3 is 0 Å². The predicted octanol–water partition coefficient (Wildman–Crippen LogP) is 3.99.